The Labute approximate surface area is 171 Å². The van der Waals surface area contributed by atoms with E-state index in [9.17, 15) is 4.79 Å². The maximum Gasteiger partial charge on any atom is 0.255 e. The van der Waals surface area contributed by atoms with Gasteiger partial charge in [0.15, 0.2) is 0 Å². The zero-order valence-electron chi connectivity index (χ0n) is 16.3. The molecular weight excluding hydrogens is 370 g/mol. The first-order chi connectivity index (χ1) is 13.4. The predicted molar refractivity (Wildman–Crippen MR) is 114 cm³/mol. The number of rotatable bonds is 6. The summed E-state index contributed by atoms with van der Waals surface area (Å²) in [4.78, 5) is 12.9. The lowest BCUT2D eigenvalue weighted by atomic mass is 10.00. The standard InChI is InChI=1S/C24H24ClNO2/c1-16-9-11-21(17(2)13-16)18(3)26-24(27)22-14-20(25)10-12-23(22)28-15-19-7-5-4-6-8-19/h4-14,18H,15H2,1-3H3,(H,26,27)/t18-/m1/s1. The maximum absolute atomic E-state index is 12.9. The van der Waals surface area contributed by atoms with E-state index in [-0.39, 0.29) is 11.9 Å². The number of aryl methyl sites for hydroxylation is 2. The van der Waals surface area contributed by atoms with Crippen LogP contribution in [0.4, 0.5) is 0 Å². The molecule has 3 aromatic rings. The molecule has 28 heavy (non-hydrogen) atoms. The summed E-state index contributed by atoms with van der Waals surface area (Å²) in [5.74, 6) is 0.302. The molecule has 1 amide bonds. The molecule has 0 aromatic heterocycles. The first-order valence-electron chi connectivity index (χ1n) is 9.28. The highest BCUT2D eigenvalue weighted by Gasteiger charge is 2.17. The first kappa shape index (κ1) is 20.0. The SMILES string of the molecule is Cc1ccc([C@@H](C)NC(=O)c2cc(Cl)ccc2OCc2ccccc2)c(C)c1. The van der Waals surface area contributed by atoms with Crippen molar-refractivity contribution in [3.63, 3.8) is 0 Å². The van der Waals surface area contributed by atoms with Gasteiger partial charge in [0.2, 0.25) is 0 Å². The number of carbonyl (C=O) groups excluding carboxylic acids is 1. The van der Waals surface area contributed by atoms with Gasteiger partial charge in [-0.3, -0.25) is 4.79 Å². The first-order valence-corrected chi connectivity index (χ1v) is 9.66. The topological polar surface area (TPSA) is 38.3 Å². The monoisotopic (exact) mass is 393 g/mol. The van der Waals surface area contributed by atoms with Crippen molar-refractivity contribution in [2.45, 2.75) is 33.4 Å². The maximum atomic E-state index is 12.9. The molecule has 0 unspecified atom stereocenters. The van der Waals surface area contributed by atoms with Gasteiger partial charge in [-0.15, -0.1) is 0 Å². The number of hydrogen-bond donors (Lipinski definition) is 1. The molecule has 144 valence electrons. The normalized spacial score (nSPS) is 11.7. The lowest BCUT2D eigenvalue weighted by Crippen LogP contribution is -2.27. The molecule has 0 bridgehead atoms. The summed E-state index contributed by atoms with van der Waals surface area (Å²) in [6.07, 6.45) is 0. The van der Waals surface area contributed by atoms with Crippen LogP contribution in [-0.4, -0.2) is 5.91 Å². The fraction of sp³-hybridized carbons (Fsp3) is 0.208. The molecule has 0 saturated heterocycles. The van der Waals surface area contributed by atoms with E-state index in [1.54, 1.807) is 18.2 Å². The van der Waals surface area contributed by atoms with Gasteiger partial charge in [-0.25, -0.2) is 0 Å². The van der Waals surface area contributed by atoms with Gasteiger partial charge in [-0.2, -0.15) is 0 Å². The highest BCUT2D eigenvalue weighted by molar-refractivity contribution is 6.31. The van der Waals surface area contributed by atoms with Gasteiger partial charge in [-0.05, 0) is 55.7 Å². The summed E-state index contributed by atoms with van der Waals surface area (Å²) in [6, 6.07) is 21.0. The zero-order chi connectivity index (χ0) is 20.1. The quantitative estimate of drug-likeness (QED) is 0.555. The smallest absolute Gasteiger partial charge is 0.255 e. The lowest BCUT2D eigenvalue weighted by Gasteiger charge is -2.18. The van der Waals surface area contributed by atoms with Crippen LogP contribution >= 0.6 is 11.6 Å². The molecule has 0 aliphatic carbocycles. The Morgan fingerprint density at radius 2 is 1.79 bits per heavy atom. The molecule has 0 heterocycles. The Morgan fingerprint density at radius 1 is 1.04 bits per heavy atom. The molecule has 0 aliphatic heterocycles. The van der Waals surface area contributed by atoms with Crippen LogP contribution in [0.2, 0.25) is 5.02 Å². The van der Waals surface area contributed by atoms with Gasteiger partial charge in [0.1, 0.15) is 12.4 Å². The summed E-state index contributed by atoms with van der Waals surface area (Å²) in [7, 11) is 0. The summed E-state index contributed by atoms with van der Waals surface area (Å²) in [5, 5.41) is 3.56. The van der Waals surface area contributed by atoms with Crippen LogP contribution in [0.3, 0.4) is 0 Å². The molecule has 0 saturated carbocycles. The number of amides is 1. The average Bonchev–Trinajstić information content (AvgIpc) is 2.67. The van der Waals surface area contributed by atoms with E-state index in [1.807, 2.05) is 37.3 Å². The van der Waals surface area contributed by atoms with Crippen molar-refractivity contribution >= 4 is 17.5 Å². The summed E-state index contributed by atoms with van der Waals surface area (Å²) in [5.41, 5.74) is 4.91. The van der Waals surface area contributed by atoms with Crippen LogP contribution < -0.4 is 10.1 Å². The molecule has 0 radical (unpaired) electrons. The second-order valence-electron chi connectivity index (χ2n) is 6.97. The van der Waals surface area contributed by atoms with Crippen molar-refractivity contribution in [3.05, 3.63) is 99.6 Å². The van der Waals surface area contributed by atoms with E-state index in [2.05, 4.69) is 37.4 Å². The Balaban J connectivity index is 1.77. The van der Waals surface area contributed by atoms with E-state index < -0.39 is 0 Å². The van der Waals surface area contributed by atoms with E-state index in [0.717, 1.165) is 16.7 Å². The molecule has 1 atom stereocenters. The van der Waals surface area contributed by atoms with Crippen molar-refractivity contribution in [1.29, 1.82) is 0 Å². The van der Waals surface area contributed by atoms with Crippen LogP contribution in [-0.2, 0) is 6.61 Å². The average molecular weight is 394 g/mol. The fourth-order valence-corrected chi connectivity index (χ4v) is 3.38. The van der Waals surface area contributed by atoms with Crippen molar-refractivity contribution in [3.8, 4) is 5.75 Å². The third-order valence-electron chi connectivity index (χ3n) is 4.66. The summed E-state index contributed by atoms with van der Waals surface area (Å²) >= 11 is 6.14. The number of hydrogen-bond acceptors (Lipinski definition) is 2. The minimum atomic E-state index is -0.210. The van der Waals surface area contributed by atoms with Crippen molar-refractivity contribution in [1.82, 2.24) is 5.32 Å². The summed E-state index contributed by atoms with van der Waals surface area (Å²) in [6.45, 7) is 6.47. The van der Waals surface area contributed by atoms with Crippen LogP contribution in [0, 0.1) is 13.8 Å². The van der Waals surface area contributed by atoms with Gasteiger partial charge < -0.3 is 10.1 Å². The van der Waals surface area contributed by atoms with E-state index in [0.29, 0.717) is 22.9 Å². The van der Waals surface area contributed by atoms with E-state index >= 15 is 0 Å². The van der Waals surface area contributed by atoms with Crippen LogP contribution in [0.15, 0.2) is 66.7 Å². The Kier molecular flexibility index (Phi) is 6.37. The third kappa shape index (κ3) is 4.93. The van der Waals surface area contributed by atoms with E-state index in [4.69, 9.17) is 16.3 Å². The van der Waals surface area contributed by atoms with Crippen molar-refractivity contribution < 1.29 is 9.53 Å². The van der Waals surface area contributed by atoms with Gasteiger partial charge in [0.25, 0.3) is 5.91 Å². The molecule has 3 aromatic carbocycles. The second-order valence-corrected chi connectivity index (χ2v) is 7.41. The molecule has 3 rings (SSSR count). The molecule has 0 aliphatic rings. The molecule has 0 spiro atoms. The van der Waals surface area contributed by atoms with Crippen LogP contribution in [0.5, 0.6) is 5.75 Å². The molecule has 1 N–H and O–H groups in total. The number of ether oxygens (including phenoxy) is 1. The van der Waals surface area contributed by atoms with Gasteiger partial charge >= 0.3 is 0 Å². The number of halogens is 1. The molecule has 3 nitrogen and oxygen atoms in total. The molecular formula is C24H24ClNO2. The molecule has 0 fully saturated rings. The highest BCUT2D eigenvalue weighted by atomic mass is 35.5. The number of benzene rings is 3. The summed E-state index contributed by atoms with van der Waals surface area (Å²) < 4.78 is 5.91. The van der Waals surface area contributed by atoms with Gasteiger partial charge in [0, 0.05) is 5.02 Å². The second kappa shape index (κ2) is 8.94. The lowest BCUT2D eigenvalue weighted by molar-refractivity contribution is 0.0935. The minimum absolute atomic E-state index is 0.131. The number of nitrogens with one attached hydrogen (secondary N) is 1. The predicted octanol–water partition coefficient (Wildman–Crippen LogP) is 6.03. The third-order valence-corrected chi connectivity index (χ3v) is 4.90. The van der Waals surface area contributed by atoms with Gasteiger partial charge in [-0.1, -0.05) is 65.7 Å². The Morgan fingerprint density at radius 3 is 2.50 bits per heavy atom. The molecule has 4 heteroatoms. The number of carbonyl (C=O) groups is 1. The Hall–Kier alpha value is -2.78. The van der Waals surface area contributed by atoms with Crippen LogP contribution in [0.25, 0.3) is 0 Å². The largest absolute Gasteiger partial charge is 0.488 e. The van der Waals surface area contributed by atoms with Crippen molar-refractivity contribution in [2.24, 2.45) is 0 Å². The Bertz CT molecular complexity index is 970. The fourth-order valence-electron chi connectivity index (χ4n) is 3.20. The zero-order valence-corrected chi connectivity index (χ0v) is 17.1. The van der Waals surface area contributed by atoms with E-state index in [1.165, 1.54) is 5.56 Å². The minimum Gasteiger partial charge on any atom is -0.488 e. The highest BCUT2D eigenvalue weighted by Crippen LogP contribution is 2.26. The van der Waals surface area contributed by atoms with Crippen LogP contribution in [0.1, 0.15) is 45.6 Å². The van der Waals surface area contributed by atoms with Crippen molar-refractivity contribution in [2.75, 3.05) is 0 Å². The van der Waals surface area contributed by atoms with Gasteiger partial charge in [0.05, 0.1) is 11.6 Å².